The Morgan fingerprint density at radius 1 is 0.333 bits per heavy atom. The van der Waals surface area contributed by atoms with Crippen LogP contribution in [-0.4, -0.2) is 0 Å². The first kappa shape index (κ1) is 20.1. The second kappa shape index (κ2) is 12.0. The summed E-state index contributed by atoms with van der Waals surface area (Å²) >= 11 is 0. The van der Waals surface area contributed by atoms with Gasteiger partial charge in [0.15, 0.2) is 0 Å². The lowest BCUT2D eigenvalue weighted by molar-refractivity contribution is 0.669. The van der Waals surface area contributed by atoms with Crippen LogP contribution in [0.1, 0.15) is 15.1 Å². The fourth-order valence-corrected chi connectivity index (χ4v) is 7.24. The van der Waals surface area contributed by atoms with Crippen molar-refractivity contribution in [1.29, 1.82) is 0 Å². The molecule has 0 radical (unpaired) electrons. The highest BCUT2D eigenvalue weighted by atomic mass is 16.3. The van der Waals surface area contributed by atoms with Gasteiger partial charge in [-0.15, -0.1) is 0 Å². The van der Waals surface area contributed by atoms with Crippen LogP contribution < -0.4 is 0 Å². The molecule has 51 heavy (non-hydrogen) atoms. The van der Waals surface area contributed by atoms with Gasteiger partial charge in [-0.3, -0.25) is 0 Å². The molecule has 10 rings (SSSR count). The number of rotatable bonds is 5. The molecule has 0 bridgehead atoms. The molecule has 0 saturated carbocycles. The average molecular weight is 660 g/mol. The SMILES string of the molecule is [2H]c1c([2H])c([2H])c(-c2ccc(-c3ccccc3-c3c4ccccc4c(-c4c([2H])c([2H])c([2H])c5oc6c([2H])c(-c7ccccc7)c([2H])c([2H])c6c45)c4ccccc34)cc2)c([2H])c1[2H]. The minimum atomic E-state index is -0.447. The topological polar surface area (TPSA) is 13.1 Å². The normalized spacial score (nSPS) is 14.5. The first-order chi connectivity index (χ1) is 29.9. The van der Waals surface area contributed by atoms with Crippen LogP contribution >= 0.6 is 0 Å². The number of furan rings is 1. The largest absolute Gasteiger partial charge is 0.456 e. The maximum atomic E-state index is 9.52. The molecule has 0 spiro atoms. The van der Waals surface area contributed by atoms with E-state index in [1.807, 2.05) is 91.0 Å². The first-order valence-electron chi connectivity index (χ1n) is 22.1. The Labute approximate surface area is 312 Å². The third-order valence-corrected chi connectivity index (χ3v) is 9.50. The van der Waals surface area contributed by atoms with Gasteiger partial charge in [-0.25, -0.2) is 0 Å². The fourth-order valence-electron chi connectivity index (χ4n) is 7.24. The maximum Gasteiger partial charge on any atom is 0.136 e. The van der Waals surface area contributed by atoms with Crippen LogP contribution in [0.4, 0.5) is 0 Å². The molecule has 0 aliphatic heterocycles. The summed E-state index contributed by atoms with van der Waals surface area (Å²) in [7, 11) is 0. The molecule has 1 heterocycles. The van der Waals surface area contributed by atoms with E-state index in [4.69, 9.17) is 15.4 Å². The highest BCUT2D eigenvalue weighted by Crippen LogP contribution is 2.48. The Hall–Kier alpha value is -6.70. The minimum Gasteiger partial charge on any atom is -0.456 e. The molecular weight excluding hydrogens is 617 g/mol. The fraction of sp³-hybridized carbons (Fsp3) is 0. The Balaban J connectivity index is 1.25. The third-order valence-electron chi connectivity index (χ3n) is 9.50. The molecule has 0 atom stereocenters. The Morgan fingerprint density at radius 2 is 0.902 bits per heavy atom. The van der Waals surface area contributed by atoms with Crippen LogP contribution in [0.5, 0.6) is 0 Å². The second-order valence-electron chi connectivity index (χ2n) is 12.3. The van der Waals surface area contributed by atoms with Gasteiger partial charge in [0.2, 0.25) is 0 Å². The summed E-state index contributed by atoms with van der Waals surface area (Å²) < 4.78 is 103. The Kier molecular flexibility index (Phi) is 4.73. The molecule has 0 fully saturated rings. The molecule has 0 aliphatic rings. The van der Waals surface area contributed by atoms with Crippen molar-refractivity contribution in [3.05, 3.63) is 194 Å². The van der Waals surface area contributed by atoms with Gasteiger partial charge in [-0.05, 0) is 95.3 Å². The predicted molar refractivity (Wildman–Crippen MR) is 216 cm³/mol. The summed E-state index contributed by atoms with van der Waals surface area (Å²) in [4.78, 5) is 0. The quantitative estimate of drug-likeness (QED) is 0.168. The summed E-state index contributed by atoms with van der Waals surface area (Å²) in [6.45, 7) is 0. The van der Waals surface area contributed by atoms with Crippen molar-refractivity contribution in [1.82, 2.24) is 0 Å². The minimum absolute atomic E-state index is 0.0105. The van der Waals surface area contributed by atoms with E-state index in [9.17, 15) is 4.11 Å². The average Bonchev–Trinajstić information content (AvgIpc) is 3.70. The number of fused-ring (bicyclic) bond motifs is 5. The van der Waals surface area contributed by atoms with E-state index in [1.54, 1.807) is 36.4 Å². The van der Waals surface area contributed by atoms with Gasteiger partial charge in [0.25, 0.3) is 0 Å². The van der Waals surface area contributed by atoms with E-state index in [1.165, 1.54) is 0 Å². The van der Waals surface area contributed by atoms with Crippen LogP contribution in [0, 0.1) is 0 Å². The van der Waals surface area contributed by atoms with Crippen LogP contribution in [0.15, 0.2) is 198 Å². The van der Waals surface area contributed by atoms with Crippen molar-refractivity contribution in [3.63, 3.8) is 0 Å². The summed E-state index contributed by atoms with van der Waals surface area (Å²) in [5, 5.41) is 3.50. The van der Waals surface area contributed by atoms with Gasteiger partial charge >= 0.3 is 0 Å². The van der Waals surface area contributed by atoms with Gasteiger partial charge in [-0.2, -0.15) is 0 Å². The zero-order valence-corrected chi connectivity index (χ0v) is 27.0. The van der Waals surface area contributed by atoms with Crippen molar-refractivity contribution in [2.75, 3.05) is 0 Å². The van der Waals surface area contributed by atoms with E-state index in [2.05, 4.69) is 0 Å². The van der Waals surface area contributed by atoms with Crippen molar-refractivity contribution in [3.8, 4) is 55.6 Å². The monoisotopic (exact) mass is 659 g/mol. The molecule has 238 valence electrons. The zero-order valence-electron chi connectivity index (χ0n) is 38.0. The van der Waals surface area contributed by atoms with Crippen molar-refractivity contribution < 1.29 is 19.5 Å². The van der Waals surface area contributed by atoms with Gasteiger partial charge < -0.3 is 4.42 Å². The molecule has 0 saturated heterocycles. The third kappa shape index (κ3) is 4.86. The summed E-state index contributed by atoms with van der Waals surface area (Å²) in [5.41, 5.74) is 5.73. The highest BCUT2D eigenvalue weighted by molar-refractivity contribution is 6.26. The Bertz CT molecular complexity index is 3440. The van der Waals surface area contributed by atoms with Gasteiger partial charge in [0, 0.05) is 10.8 Å². The van der Waals surface area contributed by atoms with Crippen LogP contribution in [-0.2, 0) is 0 Å². The molecule has 0 unspecified atom stereocenters. The Morgan fingerprint density at radius 3 is 1.59 bits per heavy atom. The molecule has 1 aromatic heterocycles. The standard InChI is InChI=1S/C50H32O/c1-3-14-33(15-4-1)35-26-28-36(29-27-35)38-18-7-8-19-39(38)48-40-20-9-11-22-42(40)49(43-23-12-10-21-41(43)48)45-24-13-25-46-50(45)44-31-30-37(32-47(44)51-46)34-16-5-2-6-17-34/h1-32H/i1D,3D,4D,13D,14D,15D,24D,25D,30D,31D,32D. The molecule has 0 N–H and O–H groups in total. The molecular formula is C50H32O. The van der Waals surface area contributed by atoms with E-state index in [-0.39, 0.29) is 87.0 Å². The highest BCUT2D eigenvalue weighted by Gasteiger charge is 2.21. The molecule has 1 heteroatoms. The van der Waals surface area contributed by atoms with Gasteiger partial charge in [-0.1, -0.05) is 176 Å². The number of hydrogen-bond acceptors (Lipinski definition) is 1. The first-order valence-corrected chi connectivity index (χ1v) is 16.6. The smallest absolute Gasteiger partial charge is 0.136 e. The predicted octanol–water partition coefficient (Wildman–Crippen LogP) is 14.2. The molecule has 9 aromatic carbocycles. The van der Waals surface area contributed by atoms with Gasteiger partial charge in [0.1, 0.15) is 11.2 Å². The summed E-state index contributed by atoms with van der Waals surface area (Å²) in [6, 6.07) is 36.5. The van der Waals surface area contributed by atoms with Crippen LogP contribution in [0.2, 0.25) is 0 Å². The lowest BCUT2D eigenvalue weighted by Gasteiger charge is -2.20. The lowest BCUT2D eigenvalue weighted by atomic mass is 9.83. The summed E-state index contributed by atoms with van der Waals surface area (Å²) in [5.74, 6) is 0. The second-order valence-corrected chi connectivity index (χ2v) is 12.3. The molecule has 0 amide bonds. The zero-order chi connectivity index (χ0) is 43.3. The molecule has 10 aromatic rings. The van der Waals surface area contributed by atoms with E-state index >= 15 is 0 Å². The van der Waals surface area contributed by atoms with Crippen LogP contribution in [0.3, 0.4) is 0 Å². The summed E-state index contributed by atoms with van der Waals surface area (Å²) in [6.07, 6.45) is 0. The molecule has 1 nitrogen and oxygen atoms in total. The maximum absolute atomic E-state index is 9.52. The van der Waals surface area contributed by atoms with E-state index in [0.29, 0.717) is 16.7 Å². The van der Waals surface area contributed by atoms with E-state index < -0.39 is 18.1 Å². The van der Waals surface area contributed by atoms with Gasteiger partial charge in [0.05, 0.1) is 15.1 Å². The number of benzene rings is 9. The van der Waals surface area contributed by atoms with Crippen molar-refractivity contribution in [2.24, 2.45) is 0 Å². The van der Waals surface area contributed by atoms with E-state index in [0.717, 1.165) is 43.8 Å². The molecule has 0 aliphatic carbocycles. The van der Waals surface area contributed by atoms with Crippen molar-refractivity contribution >= 4 is 43.5 Å². The number of hydrogen-bond donors (Lipinski definition) is 0. The van der Waals surface area contributed by atoms with Crippen LogP contribution in [0.25, 0.3) is 99.1 Å². The lowest BCUT2D eigenvalue weighted by Crippen LogP contribution is -1.93. The van der Waals surface area contributed by atoms with Crippen molar-refractivity contribution in [2.45, 2.75) is 0 Å².